The van der Waals surface area contributed by atoms with Gasteiger partial charge in [0, 0.05) is 11.6 Å². The van der Waals surface area contributed by atoms with Gasteiger partial charge in [-0.25, -0.2) is 9.78 Å². The van der Waals surface area contributed by atoms with Gasteiger partial charge >= 0.3 is 5.97 Å². The van der Waals surface area contributed by atoms with Crippen LogP contribution in [0.2, 0.25) is 0 Å². The molecule has 0 aliphatic heterocycles. The molecule has 0 amide bonds. The number of pyridine rings is 1. The minimum absolute atomic E-state index is 0.381. The van der Waals surface area contributed by atoms with E-state index >= 15 is 0 Å². The van der Waals surface area contributed by atoms with Crippen molar-refractivity contribution >= 4 is 12.3 Å². The summed E-state index contributed by atoms with van der Waals surface area (Å²) >= 11 is 0. The molecular weight excluding hydrogens is 294 g/mol. The maximum atomic E-state index is 11.9. The standard InChI is InChI=1S/C18H19NO4/c1-12-14(11-20)7-10-16(19-12)22-15-8-5-13(6-9-15)17(21)23-18(2,3)4/h5-11H,1-4H3. The van der Waals surface area contributed by atoms with E-state index in [1.54, 1.807) is 43.3 Å². The molecule has 120 valence electrons. The molecule has 0 spiro atoms. The molecule has 2 rings (SSSR count). The van der Waals surface area contributed by atoms with Crippen molar-refractivity contribution in [3.63, 3.8) is 0 Å². The van der Waals surface area contributed by atoms with Crippen molar-refractivity contribution in [2.75, 3.05) is 0 Å². The Balaban J connectivity index is 2.09. The second kappa shape index (κ2) is 6.60. The van der Waals surface area contributed by atoms with E-state index in [0.717, 1.165) is 6.29 Å². The van der Waals surface area contributed by atoms with Crippen LogP contribution in [-0.4, -0.2) is 22.8 Å². The van der Waals surface area contributed by atoms with Gasteiger partial charge in [0.25, 0.3) is 0 Å². The van der Waals surface area contributed by atoms with E-state index in [4.69, 9.17) is 9.47 Å². The van der Waals surface area contributed by atoms with Crippen LogP contribution in [0.4, 0.5) is 0 Å². The lowest BCUT2D eigenvalue weighted by Crippen LogP contribution is -2.23. The van der Waals surface area contributed by atoms with Crippen molar-refractivity contribution in [2.45, 2.75) is 33.3 Å². The lowest BCUT2D eigenvalue weighted by Gasteiger charge is -2.19. The van der Waals surface area contributed by atoms with Gasteiger partial charge in [-0.3, -0.25) is 4.79 Å². The highest BCUT2D eigenvalue weighted by molar-refractivity contribution is 5.89. The summed E-state index contributed by atoms with van der Waals surface area (Å²) in [5.41, 5.74) is 1.04. The minimum atomic E-state index is -0.534. The van der Waals surface area contributed by atoms with Gasteiger partial charge in [0.15, 0.2) is 6.29 Å². The number of benzene rings is 1. The van der Waals surface area contributed by atoms with E-state index in [0.29, 0.717) is 28.5 Å². The fourth-order valence-electron chi connectivity index (χ4n) is 1.85. The highest BCUT2D eigenvalue weighted by atomic mass is 16.6. The largest absolute Gasteiger partial charge is 0.456 e. The molecule has 0 aliphatic carbocycles. The summed E-state index contributed by atoms with van der Waals surface area (Å²) < 4.78 is 10.9. The molecule has 2 aromatic rings. The van der Waals surface area contributed by atoms with Gasteiger partial charge in [0.1, 0.15) is 11.4 Å². The molecule has 1 heterocycles. The highest BCUT2D eigenvalue weighted by Gasteiger charge is 2.17. The monoisotopic (exact) mass is 313 g/mol. The Morgan fingerprint density at radius 1 is 1.09 bits per heavy atom. The van der Waals surface area contributed by atoms with Crippen LogP contribution in [0.5, 0.6) is 11.6 Å². The second-order valence-electron chi connectivity index (χ2n) is 6.07. The van der Waals surface area contributed by atoms with Crippen LogP contribution in [0.1, 0.15) is 47.2 Å². The van der Waals surface area contributed by atoms with Gasteiger partial charge in [-0.2, -0.15) is 0 Å². The molecule has 0 radical (unpaired) electrons. The summed E-state index contributed by atoms with van der Waals surface area (Å²) in [4.78, 5) is 26.9. The summed E-state index contributed by atoms with van der Waals surface area (Å²) in [6.07, 6.45) is 0.752. The number of carbonyl (C=O) groups is 2. The van der Waals surface area contributed by atoms with Crippen molar-refractivity contribution in [1.82, 2.24) is 4.98 Å². The maximum Gasteiger partial charge on any atom is 0.338 e. The molecule has 0 saturated heterocycles. The number of rotatable bonds is 4. The Hall–Kier alpha value is -2.69. The Morgan fingerprint density at radius 2 is 1.74 bits per heavy atom. The molecule has 5 nitrogen and oxygen atoms in total. The smallest absolute Gasteiger partial charge is 0.338 e. The highest BCUT2D eigenvalue weighted by Crippen LogP contribution is 2.22. The van der Waals surface area contributed by atoms with E-state index in [-0.39, 0.29) is 5.97 Å². The fourth-order valence-corrected chi connectivity index (χ4v) is 1.85. The van der Waals surface area contributed by atoms with E-state index in [9.17, 15) is 9.59 Å². The summed E-state index contributed by atoms with van der Waals surface area (Å²) in [5, 5.41) is 0. The Labute approximate surface area is 135 Å². The zero-order chi connectivity index (χ0) is 17.0. The first-order chi connectivity index (χ1) is 10.8. The number of hydrogen-bond acceptors (Lipinski definition) is 5. The molecule has 0 aliphatic rings. The van der Waals surface area contributed by atoms with Crippen molar-refractivity contribution < 1.29 is 19.1 Å². The van der Waals surface area contributed by atoms with Crippen molar-refractivity contribution in [2.24, 2.45) is 0 Å². The first-order valence-electron chi connectivity index (χ1n) is 7.22. The van der Waals surface area contributed by atoms with E-state index in [1.165, 1.54) is 0 Å². The van der Waals surface area contributed by atoms with Crippen LogP contribution >= 0.6 is 0 Å². The number of aldehydes is 1. The topological polar surface area (TPSA) is 65.5 Å². The van der Waals surface area contributed by atoms with Crippen molar-refractivity contribution in [1.29, 1.82) is 0 Å². The number of carbonyl (C=O) groups excluding carboxylic acids is 2. The first kappa shape index (κ1) is 16.7. The number of hydrogen-bond donors (Lipinski definition) is 0. The third kappa shape index (κ3) is 4.64. The van der Waals surface area contributed by atoms with Gasteiger partial charge in [0.05, 0.1) is 11.3 Å². The van der Waals surface area contributed by atoms with Crippen LogP contribution in [0.25, 0.3) is 0 Å². The summed E-state index contributed by atoms with van der Waals surface area (Å²) in [5.74, 6) is 0.550. The van der Waals surface area contributed by atoms with Crippen LogP contribution in [0.3, 0.4) is 0 Å². The Bertz CT molecular complexity index is 715. The maximum absolute atomic E-state index is 11.9. The Morgan fingerprint density at radius 3 is 2.26 bits per heavy atom. The lowest BCUT2D eigenvalue weighted by molar-refractivity contribution is 0.00694. The zero-order valence-electron chi connectivity index (χ0n) is 13.6. The predicted octanol–water partition coefficient (Wildman–Crippen LogP) is 3.95. The van der Waals surface area contributed by atoms with Crippen LogP contribution < -0.4 is 4.74 Å². The predicted molar refractivity (Wildman–Crippen MR) is 86.0 cm³/mol. The molecule has 23 heavy (non-hydrogen) atoms. The third-order valence-electron chi connectivity index (χ3n) is 2.94. The normalized spacial score (nSPS) is 11.0. The molecule has 0 bridgehead atoms. The number of ether oxygens (including phenoxy) is 2. The van der Waals surface area contributed by atoms with Crippen LogP contribution in [-0.2, 0) is 4.74 Å². The van der Waals surface area contributed by atoms with Gasteiger partial charge in [-0.15, -0.1) is 0 Å². The van der Waals surface area contributed by atoms with Gasteiger partial charge in [-0.05, 0) is 58.0 Å². The zero-order valence-corrected chi connectivity index (χ0v) is 13.6. The minimum Gasteiger partial charge on any atom is -0.456 e. The number of aryl methyl sites for hydroxylation is 1. The van der Waals surface area contributed by atoms with E-state index in [1.807, 2.05) is 20.8 Å². The molecule has 1 aromatic heterocycles. The Kier molecular flexibility index (Phi) is 4.79. The number of aromatic nitrogens is 1. The molecule has 0 fully saturated rings. The summed E-state index contributed by atoms with van der Waals surface area (Å²) in [7, 11) is 0. The van der Waals surface area contributed by atoms with Gasteiger partial charge in [-0.1, -0.05) is 0 Å². The number of nitrogens with zero attached hydrogens (tertiary/aromatic N) is 1. The molecular formula is C18H19NO4. The van der Waals surface area contributed by atoms with Crippen molar-refractivity contribution in [3.8, 4) is 11.6 Å². The van der Waals surface area contributed by atoms with Crippen LogP contribution in [0, 0.1) is 6.92 Å². The molecule has 0 atom stereocenters. The molecule has 1 aromatic carbocycles. The summed E-state index contributed by atoms with van der Waals surface area (Å²) in [6.45, 7) is 7.19. The van der Waals surface area contributed by atoms with Crippen LogP contribution in [0.15, 0.2) is 36.4 Å². The molecule has 5 heteroatoms. The molecule has 0 unspecified atom stereocenters. The van der Waals surface area contributed by atoms with E-state index < -0.39 is 5.60 Å². The quantitative estimate of drug-likeness (QED) is 0.631. The lowest BCUT2D eigenvalue weighted by atomic mass is 10.1. The second-order valence-corrected chi connectivity index (χ2v) is 6.07. The third-order valence-corrected chi connectivity index (χ3v) is 2.94. The summed E-state index contributed by atoms with van der Waals surface area (Å²) in [6, 6.07) is 9.89. The number of esters is 1. The molecule has 0 N–H and O–H groups in total. The van der Waals surface area contributed by atoms with E-state index in [2.05, 4.69) is 4.98 Å². The van der Waals surface area contributed by atoms with Gasteiger partial charge in [0.2, 0.25) is 5.88 Å². The average molecular weight is 313 g/mol. The van der Waals surface area contributed by atoms with Gasteiger partial charge < -0.3 is 9.47 Å². The average Bonchev–Trinajstić information content (AvgIpc) is 2.46. The SMILES string of the molecule is Cc1nc(Oc2ccc(C(=O)OC(C)(C)C)cc2)ccc1C=O. The fraction of sp³-hybridized carbons (Fsp3) is 0.278. The molecule has 0 saturated carbocycles. The van der Waals surface area contributed by atoms with Crippen molar-refractivity contribution in [3.05, 3.63) is 53.2 Å². The first-order valence-corrected chi connectivity index (χ1v) is 7.22.